The number of aromatic nitrogens is 2. The third kappa shape index (κ3) is 7.86. The van der Waals surface area contributed by atoms with Crippen LogP contribution in [0.2, 0.25) is 0 Å². The molecule has 0 amide bonds. The maximum Gasteiger partial charge on any atom is 0.219 e. The number of aryl methyl sites for hydroxylation is 2. The lowest BCUT2D eigenvalue weighted by Crippen LogP contribution is -2.17. The van der Waals surface area contributed by atoms with Crippen molar-refractivity contribution in [3.05, 3.63) is 155 Å². The molecular weight excluding hydrogens is 676 g/mol. The maximum atomic E-state index is 14.0. The first-order valence-electron chi connectivity index (χ1n) is 16.5. The summed E-state index contributed by atoms with van der Waals surface area (Å²) >= 11 is 0. The Labute approximate surface area is 296 Å². The summed E-state index contributed by atoms with van der Waals surface area (Å²) in [5, 5.41) is 0. The zero-order chi connectivity index (χ0) is 36.2. The highest BCUT2D eigenvalue weighted by Gasteiger charge is 2.27. The van der Waals surface area contributed by atoms with Crippen LogP contribution in [-0.2, 0) is 12.8 Å². The molecule has 2 unspecified atom stereocenters. The van der Waals surface area contributed by atoms with Crippen LogP contribution in [0, 0.1) is 23.3 Å². The summed E-state index contributed by atoms with van der Waals surface area (Å²) in [5.41, 5.74) is 14.4. The van der Waals surface area contributed by atoms with Gasteiger partial charge in [0.2, 0.25) is 11.8 Å². The molecule has 0 saturated heterocycles. The highest BCUT2D eigenvalue weighted by Crippen LogP contribution is 2.40. The highest BCUT2D eigenvalue weighted by molar-refractivity contribution is 5.46. The van der Waals surface area contributed by atoms with E-state index < -0.39 is 35.5 Å². The third-order valence-electron chi connectivity index (χ3n) is 8.54. The van der Waals surface area contributed by atoms with Crippen molar-refractivity contribution >= 4 is 11.4 Å². The molecule has 12 heteroatoms. The quantitative estimate of drug-likeness (QED) is 0.165. The molecule has 0 aliphatic carbocycles. The van der Waals surface area contributed by atoms with Crippen molar-refractivity contribution in [3.63, 3.8) is 0 Å². The van der Waals surface area contributed by atoms with Gasteiger partial charge in [0.25, 0.3) is 0 Å². The number of halogens is 4. The number of nitrogens with zero attached hydrogens (tertiary/aromatic N) is 2. The van der Waals surface area contributed by atoms with Gasteiger partial charge in [0.1, 0.15) is 58.5 Å². The van der Waals surface area contributed by atoms with E-state index in [9.17, 15) is 17.6 Å². The fraction of sp³-hybridized carbons (Fsp3) is 0.150. The van der Waals surface area contributed by atoms with Crippen LogP contribution in [0.15, 0.2) is 109 Å². The molecule has 2 aliphatic heterocycles. The van der Waals surface area contributed by atoms with Crippen LogP contribution in [0.5, 0.6) is 34.8 Å². The fourth-order valence-electron chi connectivity index (χ4n) is 6.00. The van der Waals surface area contributed by atoms with Crippen molar-refractivity contribution in [2.75, 3.05) is 11.5 Å². The topological polar surface area (TPSA) is 115 Å². The van der Waals surface area contributed by atoms with Crippen molar-refractivity contribution in [2.24, 2.45) is 0 Å². The Morgan fingerprint density at radius 2 is 1.12 bits per heavy atom. The van der Waals surface area contributed by atoms with Gasteiger partial charge in [-0.15, -0.1) is 0 Å². The average Bonchev–Trinajstić information content (AvgIpc) is 3.14. The molecule has 4 heterocycles. The van der Waals surface area contributed by atoms with E-state index in [0.29, 0.717) is 71.8 Å². The van der Waals surface area contributed by atoms with Gasteiger partial charge in [-0.05, 0) is 116 Å². The fourth-order valence-corrected chi connectivity index (χ4v) is 6.00. The Bertz CT molecular complexity index is 2180. The first-order chi connectivity index (χ1) is 25.2. The molecule has 8 nitrogen and oxygen atoms in total. The number of ether oxygens (including phenoxy) is 4. The van der Waals surface area contributed by atoms with Crippen molar-refractivity contribution in [1.82, 2.24) is 9.97 Å². The SMILES string of the molecule is Nc1ccc(Oc2ccc3c(c2)CCC(c2c(F)cccc2F)O3)nc1.Nc1ccc(Oc2ccc3c(c2)CCC(c2cc(F)ccc2F)O3)nc1. The minimum absolute atomic E-state index is 0.0236. The number of nitrogens with two attached hydrogens (primary N) is 2. The van der Waals surface area contributed by atoms with Gasteiger partial charge in [-0.3, -0.25) is 0 Å². The number of fused-ring (bicyclic) bond motifs is 2. The molecule has 6 aromatic rings. The normalized spacial score (nSPS) is 15.8. The summed E-state index contributed by atoms with van der Waals surface area (Å²) < 4.78 is 78.5. The number of pyridine rings is 2. The van der Waals surface area contributed by atoms with Crippen molar-refractivity contribution in [1.29, 1.82) is 0 Å². The number of benzene rings is 4. The minimum Gasteiger partial charge on any atom is -0.485 e. The molecule has 0 bridgehead atoms. The van der Waals surface area contributed by atoms with Crippen LogP contribution in [-0.4, -0.2) is 9.97 Å². The van der Waals surface area contributed by atoms with E-state index in [4.69, 9.17) is 30.4 Å². The monoisotopic (exact) mass is 708 g/mol. The number of hydrogen-bond donors (Lipinski definition) is 2. The van der Waals surface area contributed by atoms with E-state index in [-0.39, 0.29) is 11.1 Å². The Morgan fingerprint density at radius 1 is 0.577 bits per heavy atom. The van der Waals surface area contributed by atoms with Gasteiger partial charge >= 0.3 is 0 Å². The second kappa shape index (κ2) is 14.9. The summed E-state index contributed by atoms with van der Waals surface area (Å²) in [6.45, 7) is 0. The van der Waals surface area contributed by atoms with E-state index in [1.807, 2.05) is 12.1 Å². The van der Waals surface area contributed by atoms with E-state index in [2.05, 4.69) is 9.97 Å². The summed E-state index contributed by atoms with van der Waals surface area (Å²) in [6, 6.07) is 24.8. The Balaban J connectivity index is 0.000000162. The van der Waals surface area contributed by atoms with Crippen LogP contribution < -0.4 is 30.4 Å². The predicted octanol–water partition coefficient (Wildman–Crippen LogP) is 9.60. The third-order valence-corrected chi connectivity index (χ3v) is 8.54. The van der Waals surface area contributed by atoms with E-state index in [0.717, 1.165) is 23.3 Å². The van der Waals surface area contributed by atoms with Gasteiger partial charge in [0.05, 0.1) is 29.3 Å². The molecule has 2 atom stereocenters. The van der Waals surface area contributed by atoms with Crippen molar-refractivity contribution < 1.29 is 36.5 Å². The lowest BCUT2D eigenvalue weighted by Gasteiger charge is -2.27. The molecule has 0 radical (unpaired) electrons. The van der Waals surface area contributed by atoms with E-state index in [1.165, 1.54) is 36.7 Å². The van der Waals surface area contributed by atoms with Gasteiger partial charge in [0.15, 0.2) is 0 Å². The van der Waals surface area contributed by atoms with E-state index in [1.54, 1.807) is 48.5 Å². The molecule has 4 aromatic carbocycles. The second-order valence-corrected chi connectivity index (χ2v) is 12.2. The first kappa shape index (κ1) is 34.2. The molecule has 0 saturated carbocycles. The number of hydrogen-bond acceptors (Lipinski definition) is 8. The molecule has 2 aromatic heterocycles. The Kier molecular flexibility index (Phi) is 9.79. The molecular formula is C40H32F4N4O4. The largest absolute Gasteiger partial charge is 0.485 e. The lowest BCUT2D eigenvalue weighted by atomic mass is 9.96. The zero-order valence-electron chi connectivity index (χ0n) is 27.6. The summed E-state index contributed by atoms with van der Waals surface area (Å²) in [5.74, 6) is 1.23. The van der Waals surface area contributed by atoms with Crippen LogP contribution in [0.3, 0.4) is 0 Å². The van der Waals surface area contributed by atoms with Gasteiger partial charge in [-0.2, -0.15) is 0 Å². The summed E-state index contributed by atoms with van der Waals surface area (Å²) in [6.07, 6.45) is 4.21. The van der Waals surface area contributed by atoms with Crippen LogP contribution in [0.25, 0.3) is 0 Å². The second-order valence-electron chi connectivity index (χ2n) is 12.2. The van der Waals surface area contributed by atoms with Crippen LogP contribution in [0.4, 0.5) is 28.9 Å². The van der Waals surface area contributed by atoms with Crippen LogP contribution >= 0.6 is 0 Å². The average molecular weight is 709 g/mol. The highest BCUT2D eigenvalue weighted by atomic mass is 19.1. The Hall–Kier alpha value is -6.30. The van der Waals surface area contributed by atoms with Gasteiger partial charge in [-0.1, -0.05) is 6.07 Å². The molecule has 264 valence electrons. The van der Waals surface area contributed by atoms with E-state index >= 15 is 0 Å². The zero-order valence-corrected chi connectivity index (χ0v) is 27.6. The predicted molar refractivity (Wildman–Crippen MR) is 186 cm³/mol. The van der Waals surface area contributed by atoms with Crippen molar-refractivity contribution in [2.45, 2.75) is 37.9 Å². The van der Waals surface area contributed by atoms with Gasteiger partial charge in [-0.25, -0.2) is 27.5 Å². The maximum absolute atomic E-state index is 14.0. The lowest BCUT2D eigenvalue weighted by molar-refractivity contribution is 0.167. The van der Waals surface area contributed by atoms with Crippen LogP contribution in [0.1, 0.15) is 47.3 Å². The number of anilines is 2. The molecule has 0 fully saturated rings. The molecule has 8 rings (SSSR count). The summed E-state index contributed by atoms with van der Waals surface area (Å²) in [4.78, 5) is 8.19. The van der Waals surface area contributed by atoms with Gasteiger partial charge < -0.3 is 30.4 Å². The molecule has 2 aliphatic rings. The first-order valence-corrected chi connectivity index (χ1v) is 16.5. The summed E-state index contributed by atoms with van der Waals surface area (Å²) in [7, 11) is 0. The minimum atomic E-state index is -0.644. The van der Waals surface area contributed by atoms with Crippen molar-refractivity contribution in [3.8, 4) is 34.8 Å². The number of rotatable bonds is 6. The molecule has 4 N–H and O–H groups in total. The van der Waals surface area contributed by atoms with Gasteiger partial charge in [0, 0.05) is 17.7 Å². The number of nitrogen functional groups attached to an aromatic ring is 2. The standard InChI is InChI=1S/2C20H16F2N2O2/c21-13-2-5-17(22)16(10-13)19-6-1-12-9-15(4-7-18(12)26-19)25-20-8-3-14(23)11-24-20;21-15-2-1-3-16(22)20(15)18-7-4-12-10-14(6-8-17(12)26-18)25-19-9-5-13(23)11-24-19/h2-5,7-11,19H,1,6,23H2;1-3,5-6,8-11,18H,4,7,23H2. The smallest absolute Gasteiger partial charge is 0.219 e. The molecule has 0 spiro atoms. The molecule has 52 heavy (non-hydrogen) atoms. The Morgan fingerprint density at radius 3 is 1.65 bits per heavy atom.